The summed E-state index contributed by atoms with van der Waals surface area (Å²) in [5.41, 5.74) is 5.29. The Balaban J connectivity index is 2.48. The summed E-state index contributed by atoms with van der Waals surface area (Å²) in [4.78, 5) is 10.4. The number of rotatable bonds is 0. The van der Waals surface area contributed by atoms with E-state index in [9.17, 15) is 4.79 Å². The summed E-state index contributed by atoms with van der Waals surface area (Å²) < 4.78 is 0. The molecule has 1 unspecified atom stereocenters. The number of carbonyl (C=O) groups excluding carboxylic acids is 1. The van der Waals surface area contributed by atoms with E-state index in [0.717, 1.165) is 5.75 Å². The minimum absolute atomic E-state index is 0.199. The Morgan fingerprint density at radius 2 is 2.57 bits per heavy atom. The zero-order valence-corrected chi connectivity index (χ0v) is 4.70. The van der Waals surface area contributed by atoms with E-state index in [1.54, 1.807) is 0 Å². The van der Waals surface area contributed by atoms with Crippen molar-refractivity contribution in [1.82, 2.24) is 0 Å². The number of ketones is 1. The second-order valence-corrected chi connectivity index (χ2v) is 2.76. The largest absolute Gasteiger partial charge is 0.313 e. The van der Waals surface area contributed by atoms with E-state index in [4.69, 9.17) is 5.73 Å². The number of carbonyl (C=O) groups is 1. The molecule has 1 heterocycles. The molecule has 0 bridgehead atoms. The van der Waals surface area contributed by atoms with E-state index in [0.29, 0.717) is 6.42 Å². The molecule has 2 nitrogen and oxygen atoms in total. The van der Waals surface area contributed by atoms with Crippen LogP contribution < -0.4 is 5.73 Å². The average Bonchev–Trinajstić information content (AvgIpc) is 1.91. The van der Waals surface area contributed by atoms with Gasteiger partial charge in [-0.3, -0.25) is 4.79 Å². The summed E-state index contributed by atoms with van der Waals surface area (Å²) in [6.45, 7) is 0. The summed E-state index contributed by atoms with van der Waals surface area (Å²) in [6.07, 6.45) is 0.672. The zero-order chi connectivity index (χ0) is 5.28. The summed E-state index contributed by atoms with van der Waals surface area (Å²) in [5.74, 6) is 1.12. The molecular formula is C4H7NOS. The van der Waals surface area contributed by atoms with E-state index in [1.807, 2.05) is 0 Å². The highest BCUT2D eigenvalue weighted by atomic mass is 32.2. The molecule has 0 radical (unpaired) electrons. The Kier molecular flexibility index (Phi) is 1.35. The normalized spacial score (nSPS) is 31.6. The van der Waals surface area contributed by atoms with Crippen LogP contribution in [0.25, 0.3) is 0 Å². The van der Waals surface area contributed by atoms with Crippen molar-refractivity contribution in [2.24, 2.45) is 5.73 Å². The fourth-order valence-electron chi connectivity index (χ4n) is 0.522. The van der Waals surface area contributed by atoms with Crippen molar-refractivity contribution in [3.05, 3.63) is 0 Å². The van der Waals surface area contributed by atoms with Gasteiger partial charge in [0.15, 0.2) is 5.78 Å². The van der Waals surface area contributed by atoms with Crippen LogP contribution in [0.2, 0.25) is 0 Å². The quantitative estimate of drug-likeness (QED) is 0.485. The van der Waals surface area contributed by atoms with E-state index in [2.05, 4.69) is 0 Å². The van der Waals surface area contributed by atoms with Gasteiger partial charge in [-0.1, -0.05) is 0 Å². The molecule has 0 amide bonds. The topological polar surface area (TPSA) is 43.1 Å². The minimum atomic E-state index is -0.208. The maximum absolute atomic E-state index is 10.4. The van der Waals surface area contributed by atoms with Crippen LogP contribution in [0.1, 0.15) is 6.42 Å². The molecule has 0 spiro atoms. The van der Waals surface area contributed by atoms with Crippen LogP contribution in [0.15, 0.2) is 0 Å². The molecule has 0 aromatic carbocycles. The highest BCUT2D eigenvalue weighted by molar-refractivity contribution is 8.01. The molecule has 3 heteroatoms. The smallest absolute Gasteiger partial charge is 0.160 e. The van der Waals surface area contributed by atoms with E-state index in [-0.39, 0.29) is 11.2 Å². The fourth-order valence-corrected chi connectivity index (χ4v) is 1.40. The van der Waals surface area contributed by atoms with Gasteiger partial charge in [0.1, 0.15) is 5.37 Å². The lowest BCUT2D eigenvalue weighted by Crippen LogP contribution is -2.20. The van der Waals surface area contributed by atoms with E-state index < -0.39 is 0 Å². The van der Waals surface area contributed by atoms with Gasteiger partial charge in [-0.2, -0.15) is 0 Å². The van der Waals surface area contributed by atoms with Gasteiger partial charge in [0.2, 0.25) is 0 Å². The molecule has 0 saturated carbocycles. The molecule has 1 fully saturated rings. The molecule has 40 valence electrons. The van der Waals surface area contributed by atoms with Gasteiger partial charge in [-0.05, 0) is 0 Å². The fraction of sp³-hybridized carbons (Fsp3) is 0.750. The summed E-state index contributed by atoms with van der Waals surface area (Å²) in [5, 5.41) is -0.208. The van der Waals surface area contributed by atoms with Crippen molar-refractivity contribution in [3.8, 4) is 0 Å². The van der Waals surface area contributed by atoms with Gasteiger partial charge in [0.25, 0.3) is 0 Å². The third kappa shape index (κ3) is 0.951. The first-order chi connectivity index (χ1) is 3.30. The molecule has 7 heavy (non-hydrogen) atoms. The molecular weight excluding hydrogens is 110 g/mol. The van der Waals surface area contributed by atoms with Crippen LogP contribution in [0.4, 0.5) is 0 Å². The Hall–Kier alpha value is -0.0200. The molecule has 1 aliphatic rings. The van der Waals surface area contributed by atoms with Gasteiger partial charge in [-0.15, -0.1) is 11.8 Å². The molecule has 0 aliphatic carbocycles. The highest BCUT2D eigenvalue weighted by Gasteiger charge is 2.19. The number of hydrogen-bond acceptors (Lipinski definition) is 3. The Morgan fingerprint density at radius 3 is 2.71 bits per heavy atom. The second-order valence-electron chi connectivity index (χ2n) is 1.51. The third-order valence-electron chi connectivity index (χ3n) is 0.963. The number of Topliss-reactive ketones (excluding diaryl/α,β-unsaturated/α-hetero) is 1. The SMILES string of the molecule is NC1SCCC1=O. The first-order valence-corrected chi connectivity index (χ1v) is 3.25. The average molecular weight is 117 g/mol. The molecule has 1 rings (SSSR count). The predicted molar refractivity (Wildman–Crippen MR) is 30.1 cm³/mol. The lowest BCUT2D eigenvalue weighted by atomic mass is 10.3. The number of nitrogens with two attached hydrogens (primary N) is 1. The lowest BCUT2D eigenvalue weighted by molar-refractivity contribution is -0.117. The summed E-state index contributed by atoms with van der Waals surface area (Å²) >= 11 is 1.53. The molecule has 1 atom stereocenters. The first kappa shape index (κ1) is 5.12. The van der Waals surface area contributed by atoms with Crippen molar-refractivity contribution >= 4 is 17.5 Å². The molecule has 0 aromatic rings. The lowest BCUT2D eigenvalue weighted by Gasteiger charge is -1.91. The van der Waals surface area contributed by atoms with Crippen molar-refractivity contribution in [2.45, 2.75) is 11.8 Å². The molecule has 0 aromatic heterocycles. The first-order valence-electron chi connectivity index (χ1n) is 2.20. The van der Waals surface area contributed by atoms with E-state index >= 15 is 0 Å². The van der Waals surface area contributed by atoms with Crippen LogP contribution in [0.5, 0.6) is 0 Å². The third-order valence-corrected chi connectivity index (χ3v) is 2.03. The van der Waals surface area contributed by atoms with Crippen LogP contribution in [0.3, 0.4) is 0 Å². The second kappa shape index (κ2) is 1.84. The van der Waals surface area contributed by atoms with Gasteiger partial charge in [0, 0.05) is 12.2 Å². The monoisotopic (exact) mass is 117 g/mol. The van der Waals surface area contributed by atoms with Gasteiger partial charge >= 0.3 is 0 Å². The molecule has 1 saturated heterocycles. The van der Waals surface area contributed by atoms with Crippen LogP contribution in [0, 0.1) is 0 Å². The van der Waals surface area contributed by atoms with Gasteiger partial charge < -0.3 is 5.73 Å². The predicted octanol–water partition coefficient (Wildman–Crippen LogP) is -0.0228. The van der Waals surface area contributed by atoms with Crippen LogP contribution in [-0.4, -0.2) is 16.9 Å². The Bertz CT molecular complexity index is 93.7. The number of hydrogen-bond donors (Lipinski definition) is 1. The van der Waals surface area contributed by atoms with Gasteiger partial charge in [-0.25, -0.2) is 0 Å². The molecule has 1 aliphatic heterocycles. The maximum Gasteiger partial charge on any atom is 0.160 e. The Morgan fingerprint density at radius 1 is 1.86 bits per heavy atom. The zero-order valence-electron chi connectivity index (χ0n) is 3.89. The summed E-state index contributed by atoms with van der Waals surface area (Å²) in [7, 11) is 0. The van der Waals surface area contributed by atoms with Crippen molar-refractivity contribution in [1.29, 1.82) is 0 Å². The van der Waals surface area contributed by atoms with E-state index in [1.165, 1.54) is 11.8 Å². The minimum Gasteiger partial charge on any atom is -0.313 e. The maximum atomic E-state index is 10.4. The van der Waals surface area contributed by atoms with Gasteiger partial charge in [0.05, 0.1) is 0 Å². The number of thioether (sulfide) groups is 1. The molecule has 2 N–H and O–H groups in total. The Labute approximate surface area is 46.5 Å². The standard InChI is InChI=1S/C4H7NOS/c5-4-3(6)1-2-7-4/h4H,1-2,5H2. The summed E-state index contributed by atoms with van der Waals surface area (Å²) in [6, 6.07) is 0. The van der Waals surface area contributed by atoms with Crippen LogP contribution in [-0.2, 0) is 4.79 Å². The van der Waals surface area contributed by atoms with Crippen LogP contribution >= 0.6 is 11.8 Å². The van der Waals surface area contributed by atoms with Crippen molar-refractivity contribution in [3.63, 3.8) is 0 Å². The van der Waals surface area contributed by atoms with Crippen molar-refractivity contribution in [2.75, 3.05) is 5.75 Å². The van der Waals surface area contributed by atoms with Crippen molar-refractivity contribution < 1.29 is 4.79 Å². The highest BCUT2D eigenvalue weighted by Crippen LogP contribution is 2.17.